The Bertz CT molecular complexity index is 305. The van der Waals surface area contributed by atoms with Crippen LogP contribution >= 0.6 is 15.9 Å². The Morgan fingerprint density at radius 2 is 2.46 bits per heavy atom. The van der Waals surface area contributed by atoms with Crippen molar-refractivity contribution < 1.29 is 9.53 Å². The molecular weight excluding hydrogens is 234 g/mol. The van der Waals surface area contributed by atoms with E-state index < -0.39 is 4.32 Å². The van der Waals surface area contributed by atoms with E-state index in [0.717, 1.165) is 5.57 Å². The Balaban J connectivity index is 2.69. The zero-order valence-electron chi connectivity index (χ0n) is 7.50. The van der Waals surface area contributed by atoms with E-state index in [-0.39, 0.29) is 11.9 Å². The Morgan fingerprint density at radius 3 is 2.92 bits per heavy atom. The first-order valence-electron chi connectivity index (χ1n) is 3.90. The molecule has 1 aliphatic rings. The lowest BCUT2D eigenvalue weighted by molar-refractivity contribution is -0.140. The molecule has 0 aromatic rings. The van der Waals surface area contributed by atoms with Gasteiger partial charge in [0.25, 0.3) is 0 Å². The molecule has 0 bridgehead atoms. The second kappa shape index (κ2) is 3.51. The van der Waals surface area contributed by atoms with E-state index in [0.29, 0.717) is 6.42 Å². The van der Waals surface area contributed by atoms with Crippen LogP contribution in [0.25, 0.3) is 0 Å². The van der Waals surface area contributed by atoms with Crippen molar-refractivity contribution in [2.75, 3.05) is 7.11 Å². The van der Waals surface area contributed by atoms with Gasteiger partial charge >= 0.3 is 5.97 Å². The number of halogens is 1. The number of rotatable bonds is 2. The SMILES string of the molecule is COC(=O)[C@@]1(Br)C[C@H]1/C(C)=C/C#N. The number of allylic oxidation sites excluding steroid dienone is 2. The molecule has 0 radical (unpaired) electrons. The highest BCUT2D eigenvalue weighted by atomic mass is 79.9. The molecule has 0 aromatic carbocycles. The van der Waals surface area contributed by atoms with Gasteiger partial charge in [0.1, 0.15) is 4.32 Å². The van der Waals surface area contributed by atoms with Crippen LogP contribution in [0, 0.1) is 17.2 Å². The third kappa shape index (κ3) is 1.75. The van der Waals surface area contributed by atoms with Crippen molar-refractivity contribution in [3.8, 4) is 6.07 Å². The predicted octanol–water partition coefficient (Wildman–Crippen LogP) is 1.78. The summed E-state index contributed by atoms with van der Waals surface area (Å²) in [7, 11) is 1.37. The Hall–Kier alpha value is -0.820. The molecule has 0 spiro atoms. The smallest absolute Gasteiger partial charge is 0.323 e. The second-order valence-electron chi connectivity index (χ2n) is 3.13. The van der Waals surface area contributed by atoms with Gasteiger partial charge in [0.15, 0.2) is 0 Å². The molecule has 1 fully saturated rings. The van der Waals surface area contributed by atoms with Crippen LogP contribution in [0.15, 0.2) is 11.6 Å². The zero-order valence-corrected chi connectivity index (χ0v) is 9.09. The van der Waals surface area contributed by atoms with Gasteiger partial charge in [-0.15, -0.1) is 0 Å². The number of carbonyl (C=O) groups is 1. The lowest BCUT2D eigenvalue weighted by Gasteiger charge is -2.05. The molecule has 1 rings (SSSR count). The number of hydrogen-bond donors (Lipinski definition) is 0. The summed E-state index contributed by atoms with van der Waals surface area (Å²) < 4.78 is 4.07. The molecular formula is C9H10BrNO2. The number of carbonyl (C=O) groups excluding carboxylic acids is 1. The molecule has 0 saturated heterocycles. The Labute approximate surface area is 85.5 Å². The van der Waals surface area contributed by atoms with Crippen LogP contribution in [0.2, 0.25) is 0 Å². The summed E-state index contributed by atoms with van der Waals surface area (Å²) in [5, 5.41) is 8.42. The van der Waals surface area contributed by atoms with Gasteiger partial charge in [-0.3, -0.25) is 4.79 Å². The van der Waals surface area contributed by atoms with Crippen LogP contribution < -0.4 is 0 Å². The summed E-state index contributed by atoms with van der Waals surface area (Å²) in [5.74, 6) is -0.150. The lowest BCUT2D eigenvalue weighted by atomic mass is 10.1. The highest BCUT2D eigenvalue weighted by Crippen LogP contribution is 2.55. The van der Waals surface area contributed by atoms with E-state index in [1.807, 2.05) is 13.0 Å². The average molecular weight is 244 g/mol. The summed E-state index contributed by atoms with van der Waals surface area (Å²) in [6.45, 7) is 1.85. The number of esters is 1. The third-order valence-electron chi connectivity index (χ3n) is 2.26. The molecule has 70 valence electrons. The average Bonchev–Trinajstić information content (AvgIpc) is 2.79. The molecule has 13 heavy (non-hydrogen) atoms. The van der Waals surface area contributed by atoms with Gasteiger partial charge in [0.05, 0.1) is 13.2 Å². The molecule has 0 N–H and O–H groups in total. The first kappa shape index (κ1) is 10.3. The third-order valence-corrected chi connectivity index (χ3v) is 3.46. The van der Waals surface area contributed by atoms with Crippen LogP contribution in [0.3, 0.4) is 0 Å². The molecule has 0 unspecified atom stereocenters. The quantitative estimate of drug-likeness (QED) is 0.422. The normalized spacial score (nSPS) is 32.2. The van der Waals surface area contributed by atoms with E-state index in [2.05, 4.69) is 20.7 Å². The number of alkyl halides is 1. The number of methoxy groups -OCH3 is 1. The van der Waals surface area contributed by atoms with Crippen LogP contribution in [-0.2, 0) is 9.53 Å². The largest absolute Gasteiger partial charge is 0.468 e. The lowest BCUT2D eigenvalue weighted by Crippen LogP contribution is -2.19. The summed E-state index contributed by atoms with van der Waals surface area (Å²) in [5.41, 5.74) is 0.921. The monoisotopic (exact) mass is 243 g/mol. The summed E-state index contributed by atoms with van der Waals surface area (Å²) >= 11 is 3.33. The number of nitriles is 1. The molecule has 0 amide bonds. The van der Waals surface area contributed by atoms with Crippen LogP contribution in [0.1, 0.15) is 13.3 Å². The molecule has 1 saturated carbocycles. The molecule has 3 nitrogen and oxygen atoms in total. The fourth-order valence-electron chi connectivity index (χ4n) is 1.36. The fourth-order valence-corrected chi connectivity index (χ4v) is 2.20. The predicted molar refractivity (Wildman–Crippen MR) is 51.2 cm³/mol. The highest BCUT2D eigenvalue weighted by Gasteiger charge is 2.60. The number of hydrogen-bond acceptors (Lipinski definition) is 3. The molecule has 4 heteroatoms. The first-order chi connectivity index (χ1) is 6.06. The van der Waals surface area contributed by atoms with Gasteiger partial charge in [-0.05, 0) is 13.3 Å². The van der Waals surface area contributed by atoms with E-state index >= 15 is 0 Å². The topological polar surface area (TPSA) is 50.1 Å². The molecule has 2 atom stereocenters. The summed E-state index contributed by atoms with van der Waals surface area (Å²) in [6.07, 6.45) is 2.18. The van der Waals surface area contributed by atoms with Crippen molar-refractivity contribution in [3.05, 3.63) is 11.6 Å². The highest BCUT2D eigenvalue weighted by molar-refractivity contribution is 9.10. The van der Waals surface area contributed by atoms with Gasteiger partial charge in [0, 0.05) is 12.0 Å². The Morgan fingerprint density at radius 1 is 1.85 bits per heavy atom. The van der Waals surface area contributed by atoms with Crippen molar-refractivity contribution >= 4 is 21.9 Å². The standard InChI is InChI=1S/C9H10BrNO2/c1-6(3-4-11)7-5-9(7,10)8(12)13-2/h3,7H,5H2,1-2H3/b6-3+/t7-,9+/m0/s1. The first-order valence-corrected chi connectivity index (χ1v) is 4.69. The minimum atomic E-state index is -0.570. The van der Waals surface area contributed by atoms with Gasteiger partial charge in [-0.25, -0.2) is 0 Å². The van der Waals surface area contributed by atoms with Crippen molar-refractivity contribution in [2.24, 2.45) is 5.92 Å². The van der Waals surface area contributed by atoms with E-state index in [4.69, 9.17) is 5.26 Å². The van der Waals surface area contributed by atoms with Crippen molar-refractivity contribution in [3.63, 3.8) is 0 Å². The summed E-state index contributed by atoms with van der Waals surface area (Å²) in [6, 6.07) is 1.95. The van der Waals surface area contributed by atoms with Gasteiger partial charge in [0.2, 0.25) is 0 Å². The van der Waals surface area contributed by atoms with Crippen molar-refractivity contribution in [1.29, 1.82) is 5.26 Å². The molecule has 0 aromatic heterocycles. The molecule has 0 aliphatic heterocycles. The Kier molecular flexibility index (Phi) is 2.77. The van der Waals surface area contributed by atoms with Crippen molar-refractivity contribution in [2.45, 2.75) is 17.7 Å². The summed E-state index contributed by atoms with van der Waals surface area (Å²) in [4.78, 5) is 11.2. The number of nitrogens with zero attached hydrogens (tertiary/aromatic N) is 1. The zero-order chi connectivity index (χ0) is 10.1. The second-order valence-corrected chi connectivity index (χ2v) is 4.54. The molecule has 0 heterocycles. The fraction of sp³-hybridized carbons (Fsp3) is 0.556. The van der Waals surface area contributed by atoms with E-state index in [9.17, 15) is 4.79 Å². The van der Waals surface area contributed by atoms with E-state index in [1.165, 1.54) is 13.2 Å². The van der Waals surface area contributed by atoms with Gasteiger partial charge in [-0.1, -0.05) is 21.5 Å². The molecule has 1 aliphatic carbocycles. The van der Waals surface area contributed by atoms with Crippen LogP contribution in [0.5, 0.6) is 0 Å². The number of ether oxygens (including phenoxy) is 1. The maximum atomic E-state index is 11.2. The maximum Gasteiger partial charge on any atom is 0.323 e. The van der Waals surface area contributed by atoms with Crippen LogP contribution in [-0.4, -0.2) is 17.4 Å². The minimum Gasteiger partial charge on any atom is -0.468 e. The van der Waals surface area contributed by atoms with Crippen molar-refractivity contribution in [1.82, 2.24) is 0 Å². The van der Waals surface area contributed by atoms with Gasteiger partial charge < -0.3 is 4.74 Å². The minimum absolute atomic E-state index is 0.111. The maximum absolute atomic E-state index is 11.2. The van der Waals surface area contributed by atoms with E-state index in [1.54, 1.807) is 0 Å². The van der Waals surface area contributed by atoms with Gasteiger partial charge in [-0.2, -0.15) is 5.26 Å². The van der Waals surface area contributed by atoms with Crippen LogP contribution in [0.4, 0.5) is 0 Å².